The van der Waals surface area contributed by atoms with Crippen molar-refractivity contribution in [1.29, 1.82) is 0 Å². The van der Waals surface area contributed by atoms with Gasteiger partial charge in [0.25, 0.3) is 5.56 Å². The molecule has 3 rings (SSSR count). The second-order valence-electron chi connectivity index (χ2n) is 6.76. The van der Waals surface area contributed by atoms with Gasteiger partial charge < -0.3 is 10.3 Å². The zero-order valence-corrected chi connectivity index (χ0v) is 18.4. The summed E-state index contributed by atoms with van der Waals surface area (Å²) in [6, 6.07) is 16.1. The summed E-state index contributed by atoms with van der Waals surface area (Å²) in [6.45, 7) is 2.00. The summed E-state index contributed by atoms with van der Waals surface area (Å²) < 4.78 is 22.8. The van der Waals surface area contributed by atoms with E-state index in [1.54, 1.807) is 0 Å². The van der Waals surface area contributed by atoms with Gasteiger partial charge in [0.15, 0.2) is 5.16 Å². The molecule has 4 N–H and O–H groups in total. The van der Waals surface area contributed by atoms with Crippen molar-refractivity contribution in [2.75, 3.05) is 5.32 Å². The Kier molecular flexibility index (Phi) is 7.26. The standard InChI is InChI=1S/C21H22N4O4S2/c1-2-6-16-13-18(26)25-21(24-16)30-19(14-7-4-3-5-8-14)20(27)23-15-9-11-17(12-10-15)31(22,28)29/h3-5,7-13,19H,2,6H2,1H3,(H,23,27)(H2,22,28,29)(H,24,25,26)/t19-/m0/s1. The van der Waals surface area contributed by atoms with Crippen LogP contribution in [0.5, 0.6) is 0 Å². The van der Waals surface area contributed by atoms with Gasteiger partial charge in [-0.25, -0.2) is 18.5 Å². The van der Waals surface area contributed by atoms with Gasteiger partial charge in [-0.2, -0.15) is 0 Å². The smallest absolute Gasteiger partial charge is 0.251 e. The summed E-state index contributed by atoms with van der Waals surface area (Å²) in [7, 11) is -3.82. The van der Waals surface area contributed by atoms with Crippen LogP contribution in [0.1, 0.15) is 29.9 Å². The van der Waals surface area contributed by atoms with Crippen LogP contribution in [0, 0.1) is 0 Å². The summed E-state index contributed by atoms with van der Waals surface area (Å²) in [5, 5.41) is 7.54. The molecule has 0 aliphatic heterocycles. The Bertz CT molecular complexity index is 1210. The molecule has 0 fully saturated rings. The molecule has 1 heterocycles. The van der Waals surface area contributed by atoms with Crippen molar-refractivity contribution in [1.82, 2.24) is 9.97 Å². The average molecular weight is 459 g/mol. The van der Waals surface area contributed by atoms with Crippen molar-refractivity contribution in [3.05, 3.63) is 82.3 Å². The van der Waals surface area contributed by atoms with E-state index in [1.807, 2.05) is 37.3 Å². The zero-order valence-electron chi connectivity index (χ0n) is 16.7. The molecule has 0 saturated heterocycles. The summed E-state index contributed by atoms with van der Waals surface area (Å²) >= 11 is 1.14. The van der Waals surface area contributed by atoms with E-state index in [2.05, 4.69) is 15.3 Å². The number of hydrogen-bond donors (Lipinski definition) is 3. The number of carbonyl (C=O) groups excluding carboxylic acids is 1. The van der Waals surface area contributed by atoms with E-state index in [-0.39, 0.29) is 16.4 Å². The predicted molar refractivity (Wildman–Crippen MR) is 120 cm³/mol. The first kappa shape index (κ1) is 22.7. The predicted octanol–water partition coefficient (Wildman–Crippen LogP) is 2.84. The molecule has 31 heavy (non-hydrogen) atoms. The fourth-order valence-electron chi connectivity index (χ4n) is 2.87. The maximum Gasteiger partial charge on any atom is 0.251 e. The van der Waals surface area contributed by atoms with Gasteiger partial charge in [-0.1, -0.05) is 55.4 Å². The molecular formula is C21H22N4O4S2. The first-order valence-corrected chi connectivity index (χ1v) is 11.9. The number of aromatic amines is 1. The van der Waals surface area contributed by atoms with Crippen molar-refractivity contribution in [2.45, 2.75) is 35.1 Å². The number of sulfonamides is 1. The second kappa shape index (κ2) is 9.90. The molecule has 2 aromatic carbocycles. The van der Waals surface area contributed by atoms with Crippen LogP contribution in [-0.2, 0) is 21.2 Å². The molecule has 0 radical (unpaired) electrons. The summed E-state index contributed by atoms with van der Waals surface area (Å²) in [5.74, 6) is -0.344. The molecule has 3 aromatic rings. The third-order valence-corrected chi connectivity index (χ3v) is 6.37. The van der Waals surface area contributed by atoms with Crippen LogP contribution in [0.2, 0.25) is 0 Å². The number of hydrogen-bond acceptors (Lipinski definition) is 6. The Morgan fingerprint density at radius 3 is 2.45 bits per heavy atom. The van der Waals surface area contributed by atoms with Crippen molar-refractivity contribution in [3.8, 4) is 0 Å². The van der Waals surface area contributed by atoms with Crippen LogP contribution in [0.25, 0.3) is 0 Å². The number of primary sulfonamides is 1. The largest absolute Gasteiger partial charge is 0.325 e. The van der Waals surface area contributed by atoms with Gasteiger partial charge in [-0.3, -0.25) is 9.59 Å². The van der Waals surface area contributed by atoms with Crippen LogP contribution >= 0.6 is 11.8 Å². The minimum atomic E-state index is -3.82. The Balaban J connectivity index is 1.88. The van der Waals surface area contributed by atoms with Gasteiger partial charge in [0, 0.05) is 17.4 Å². The van der Waals surface area contributed by atoms with Gasteiger partial charge in [0.1, 0.15) is 5.25 Å². The number of aromatic nitrogens is 2. The summed E-state index contributed by atoms with van der Waals surface area (Å²) in [6.07, 6.45) is 1.51. The molecule has 0 saturated carbocycles. The highest BCUT2D eigenvalue weighted by Crippen LogP contribution is 2.34. The fourth-order valence-corrected chi connectivity index (χ4v) is 4.40. The van der Waals surface area contributed by atoms with Gasteiger partial charge >= 0.3 is 0 Å². The van der Waals surface area contributed by atoms with Crippen molar-refractivity contribution >= 4 is 33.4 Å². The highest BCUT2D eigenvalue weighted by atomic mass is 32.2. The summed E-state index contributed by atoms with van der Waals surface area (Å²) in [5.41, 5.74) is 1.54. The number of H-pyrrole nitrogens is 1. The highest BCUT2D eigenvalue weighted by molar-refractivity contribution is 8.00. The lowest BCUT2D eigenvalue weighted by molar-refractivity contribution is -0.115. The molecule has 10 heteroatoms. The number of benzene rings is 2. The van der Waals surface area contributed by atoms with Crippen LogP contribution in [0.3, 0.4) is 0 Å². The quantitative estimate of drug-likeness (QED) is 0.351. The Labute approximate surface area is 184 Å². The summed E-state index contributed by atoms with van der Waals surface area (Å²) in [4.78, 5) is 32.2. The van der Waals surface area contributed by atoms with E-state index in [1.165, 1.54) is 30.3 Å². The second-order valence-corrected chi connectivity index (χ2v) is 9.41. The van der Waals surface area contributed by atoms with E-state index in [0.29, 0.717) is 23.0 Å². The number of nitrogens with zero attached hydrogens (tertiary/aromatic N) is 1. The molecule has 0 aliphatic rings. The van der Waals surface area contributed by atoms with E-state index in [0.717, 1.165) is 23.7 Å². The minimum absolute atomic E-state index is 0.0472. The lowest BCUT2D eigenvalue weighted by atomic mass is 10.1. The van der Waals surface area contributed by atoms with Crippen LogP contribution in [0.15, 0.2) is 75.5 Å². The van der Waals surface area contributed by atoms with Crippen LogP contribution < -0.4 is 16.0 Å². The highest BCUT2D eigenvalue weighted by Gasteiger charge is 2.24. The lowest BCUT2D eigenvalue weighted by Crippen LogP contribution is -2.20. The third kappa shape index (κ3) is 6.27. The Hall–Kier alpha value is -2.95. The molecule has 0 bridgehead atoms. The third-order valence-electron chi connectivity index (χ3n) is 4.30. The van der Waals surface area contributed by atoms with Gasteiger partial charge in [0.2, 0.25) is 15.9 Å². The minimum Gasteiger partial charge on any atom is -0.325 e. The molecular weight excluding hydrogens is 436 g/mol. The van der Waals surface area contributed by atoms with Gasteiger partial charge in [0.05, 0.1) is 4.90 Å². The van der Waals surface area contributed by atoms with E-state index in [4.69, 9.17) is 5.14 Å². The number of thioether (sulfide) groups is 1. The van der Waals surface area contributed by atoms with Crippen molar-refractivity contribution in [3.63, 3.8) is 0 Å². The zero-order chi connectivity index (χ0) is 22.4. The number of nitrogens with two attached hydrogens (primary N) is 1. The molecule has 1 atom stereocenters. The number of rotatable bonds is 8. The van der Waals surface area contributed by atoms with E-state index >= 15 is 0 Å². The number of nitrogens with one attached hydrogen (secondary N) is 2. The fraction of sp³-hybridized carbons (Fsp3) is 0.190. The number of anilines is 1. The maximum atomic E-state index is 13.1. The first-order chi connectivity index (χ1) is 14.8. The van der Waals surface area contributed by atoms with Crippen LogP contribution in [-0.4, -0.2) is 24.3 Å². The molecule has 0 aliphatic carbocycles. The van der Waals surface area contributed by atoms with Gasteiger partial charge in [-0.15, -0.1) is 0 Å². The Morgan fingerprint density at radius 1 is 1.16 bits per heavy atom. The molecule has 1 amide bonds. The van der Waals surface area contributed by atoms with E-state index < -0.39 is 15.3 Å². The monoisotopic (exact) mass is 458 g/mol. The molecule has 0 spiro atoms. The number of amides is 1. The molecule has 1 aromatic heterocycles. The topological polar surface area (TPSA) is 135 Å². The molecule has 8 nitrogen and oxygen atoms in total. The molecule has 0 unspecified atom stereocenters. The Morgan fingerprint density at radius 2 is 1.84 bits per heavy atom. The normalized spacial score (nSPS) is 12.3. The maximum absolute atomic E-state index is 13.1. The first-order valence-electron chi connectivity index (χ1n) is 9.52. The average Bonchev–Trinajstić information content (AvgIpc) is 2.72. The lowest BCUT2D eigenvalue weighted by Gasteiger charge is -2.17. The SMILES string of the molecule is CCCc1cc(=O)[nH]c(S[C@H](C(=O)Nc2ccc(S(N)(=O)=O)cc2)c2ccccc2)n1. The van der Waals surface area contributed by atoms with Crippen molar-refractivity contribution < 1.29 is 13.2 Å². The van der Waals surface area contributed by atoms with Gasteiger partial charge in [-0.05, 0) is 36.2 Å². The van der Waals surface area contributed by atoms with Crippen LogP contribution in [0.4, 0.5) is 5.69 Å². The van der Waals surface area contributed by atoms with E-state index in [9.17, 15) is 18.0 Å². The number of carbonyl (C=O) groups is 1. The number of aryl methyl sites for hydroxylation is 1. The van der Waals surface area contributed by atoms with Crippen molar-refractivity contribution in [2.24, 2.45) is 5.14 Å². The molecule has 162 valence electrons.